The molecule has 2 aromatic rings. The third-order valence-corrected chi connectivity index (χ3v) is 5.18. The summed E-state index contributed by atoms with van der Waals surface area (Å²) in [5.41, 5.74) is 1.28. The topological polar surface area (TPSA) is 91.0 Å². The zero-order valence-electron chi connectivity index (χ0n) is 14.2. The van der Waals surface area contributed by atoms with Gasteiger partial charge in [-0.2, -0.15) is 5.10 Å². The standard InChI is InChI=1S/C18H21N5O2/c1-12-19-15(22-21-12)7-8-16(24)23-10-4-9-18(11-23)13-5-2-3-6-14(13)20-17(18)25/h2-3,5-6H,4,7-11H2,1H3,(H,20,25)(H,19,21,22)/t18-/m1/s1. The molecule has 4 rings (SSSR count). The molecule has 1 atom stereocenters. The Hall–Kier alpha value is -2.70. The van der Waals surface area contributed by atoms with Gasteiger partial charge in [-0.05, 0) is 31.4 Å². The lowest BCUT2D eigenvalue weighted by Crippen LogP contribution is -2.51. The van der Waals surface area contributed by atoms with Gasteiger partial charge in [-0.3, -0.25) is 14.7 Å². The Bertz CT molecular complexity index is 830. The highest BCUT2D eigenvalue weighted by molar-refractivity contribution is 6.06. The number of amides is 2. The van der Waals surface area contributed by atoms with Crippen LogP contribution in [0.4, 0.5) is 5.69 Å². The fourth-order valence-electron chi connectivity index (χ4n) is 3.93. The molecular formula is C18H21N5O2. The van der Waals surface area contributed by atoms with Crippen LogP contribution in [0.2, 0.25) is 0 Å². The number of piperidine rings is 1. The number of likely N-dealkylation sites (tertiary alicyclic amines) is 1. The number of H-pyrrole nitrogens is 1. The molecule has 1 aromatic carbocycles. The predicted molar refractivity (Wildman–Crippen MR) is 92.0 cm³/mol. The van der Waals surface area contributed by atoms with Crippen LogP contribution in [0.25, 0.3) is 0 Å². The summed E-state index contributed by atoms with van der Waals surface area (Å²) in [7, 11) is 0. The SMILES string of the molecule is Cc1nc(CCC(=O)N2CCC[C@]3(C2)C(=O)Nc2ccccc23)n[nH]1. The summed E-state index contributed by atoms with van der Waals surface area (Å²) < 4.78 is 0. The Morgan fingerprint density at radius 2 is 2.20 bits per heavy atom. The number of aryl methyl sites for hydroxylation is 2. The zero-order valence-corrected chi connectivity index (χ0v) is 14.2. The van der Waals surface area contributed by atoms with Crippen molar-refractivity contribution < 1.29 is 9.59 Å². The van der Waals surface area contributed by atoms with E-state index >= 15 is 0 Å². The molecule has 0 unspecified atom stereocenters. The van der Waals surface area contributed by atoms with Crippen LogP contribution in [0, 0.1) is 6.92 Å². The number of aromatic nitrogens is 3. The van der Waals surface area contributed by atoms with Crippen molar-refractivity contribution in [3.63, 3.8) is 0 Å². The van der Waals surface area contributed by atoms with Crippen LogP contribution in [-0.4, -0.2) is 45.0 Å². The average molecular weight is 339 g/mol. The Kier molecular flexibility index (Phi) is 3.78. The van der Waals surface area contributed by atoms with E-state index in [1.165, 1.54) is 0 Å². The first-order chi connectivity index (χ1) is 12.1. The molecule has 2 N–H and O–H groups in total. The van der Waals surface area contributed by atoms with Crippen LogP contribution in [-0.2, 0) is 21.4 Å². The number of aromatic amines is 1. The average Bonchev–Trinajstić information content (AvgIpc) is 3.15. The van der Waals surface area contributed by atoms with Gasteiger partial charge < -0.3 is 10.2 Å². The molecule has 2 amide bonds. The van der Waals surface area contributed by atoms with Crippen molar-refractivity contribution in [2.45, 2.75) is 38.0 Å². The first-order valence-electron chi connectivity index (χ1n) is 8.65. The molecule has 7 heteroatoms. The van der Waals surface area contributed by atoms with Crippen molar-refractivity contribution in [1.29, 1.82) is 0 Å². The van der Waals surface area contributed by atoms with Gasteiger partial charge in [-0.25, -0.2) is 4.98 Å². The lowest BCUT2D eigenvalue weighted by molar-refractivity contribution is -0.135. The van der Waals surface area contributed by atoms with Gasteiger partial charge in [-0.15, -0.1) is 0 Å². The maximum absolute atomic E-state index is 12.7. The molecule has 25 heavy (non-hydrogen) atoms. The van der Waals surface area contributed by atoms with E-state index in [-0.39, 0.29) is 11.8 Å². The maximum Gasteiger partial charge on any atom is 0.236 e. The number of hydrogen-bond donors (Lipinski definition) is 2. The molecule has 0 radical (unpaired) electrons. The van der Waals surface area contributed by atoms with Gasteiger partial charge in [0.15, 0.2) is 5.82 Å². The second-order valence-electron chi connectivity index (χ2n) is 6.84. The van der Waals surface area contributed by atoms with Crippen LogP contribution in [0.15, 0.2) is 24.3 Å². The molecule has 7 nitrogen and oxygen atoms in total. The number of hydrogen-bond acceptors (Lipinski definition) is 4. The number of anilines is 1. The second-order valence-corrected chi connectivity index (χ2v) is 6.84. The molecule has 0 aliphatic carbocycles. The Labute approximate surface area is 145 Å². The van der Waals surface area contributed by atoms with Gasteiger partial charge in [0.25, 0.3) is 0 Å². The lowest BCUT2D eigenvalue weighted by Gasteiger charge is -2.39. The minimum absolute atomic E-state index is 0.00999. The molecule has 0 bridgehead atoms. The Morgan fingerprint density at radius 1 is 1.36 bits per heavy atom. The van der Waals surface area contributed by atoms with E-state index in [0.717, 1.165) is 29.9 Å². The van der Waals surface area contributed by atoms with Crippen molar-refractivity contribution in [2.24, 2.45) is 0 Å². The second kappa shape index (κ2) is 5.98. The van der Waals surface area contributed by atoms with Crippen molar-refractivity contribution in [3.05, 3.63) is 41.5 Å². The highest BCUT2D eigenvalue weighted by Gasteiger charge is 2.49. The van der Waals surface area contributed by atoms with Crippen molar-refractivity contribution in [1.82, 2.24) is 20.1 Å². The first kappa shape index (κ1) is 15.8. The summed E-state index contributed by atoms with van der Waals surface area (Å²) in [6.45, 7) is 2.98. The van der Waals surface area contributed by atoms with Gasteiger partial charge >= 0.3 is 0 Å². The van der Waals surface area contributed by atoms with E-state index in [1.54, 1.807) is 0 Å². The quantitative estimate of drug-likeness (QED) is 0.888. The summed E-state index contributed by atoms with van der Waals surface area (Å²) in [5.74, 6) is 1.47. The summed E-state index contributed by atoms with van der Waals surface area (Å²) in [6, 6.07) is 7.79. The molecular weight excluding hydrogens is 318 g/mol. The van der Waals surface area contributed by atoms with Crippen molar-refractivity contribution in [3.8, 4) is 0 Å². The Balaban J connectivity index is 1.49. The van der Waals surface area contributed by atoms with Gasteiger partial charge in [0.2, 0.25) is 11.8 Å². The number of nitrogens with zero attached hydrogens (tertiary/aromatic N) is 3. The summed E-state index contributed by atoms with van der Waals surface area (Å²) in [5, 5.41) is 9.84. The van der Waals surface area contributed by atoms with Crippen LogP contribution in [0.3, 0.4) is 0 Å². The van der Waals surface area contributed by atoms with E-state index in [2.05, 4.69) is 20.5 Å². The monoisotopic (exact) mass is 339 g/mol. The molecule has 0 saturated carbocycles. The molecule has 1 spiro atoms. The van der Waals surface area contributed by atoms with E-state index in [4.69, 9.17) is 0 Å². The molecule has 2 aliphatic rings. The molecule has 130 valence electrons. The number of fused-ring (bicyclic) bond motifs is 2. The number of carbonyl (C=O) groups is 2. The molecule has 2 aliphatic heterocycles. The van der Waals surface area contributed by atoms with E-state index < -0.39 is 5.41 Å². The number of para-hydroxylation sites is 1. The van der Waals surface area contributed by atoms with E-state index in [9.17, 15) is 9.59 Å². The van der Waals surface area contributed by atoms with Gasteiger partial charge in [0.05, 0.1) is 5.41 Å². The molecule has 3 heterocycles. The van der Waals surface area contributed by atoms with Crippen LogP contribution < -0.4 is 5.32 Å². The van der Waals surface area contributed by atoms with Gasteiger partial charge in [0.1, 0.15) is 5.82 Å². The van der Waals surface area contributed by atoms with Crippen molar-refractivity contribution in [2.75, 3.05) is 18.4 Å². The van der Waals surface area contributed by atoms with Crippen LogP contribution in [0.1, 0.15) is 36.5 Å². The zero-order chi connectivity index (χ0) is 17.4. The third kappa shape index (κ3) is 2.69. The van der Waals surface area contributed by atoms with Crippen molar-refractivity contribution >= 4 is 17.5 Å². The number of carbonyl (C=O) groups excluding carboxylic acids is 2. The van der Waals surface area contributed by atoms with E-state index in [1.807, 2.05) is 36.1 Å². The normalized spacial score (nSPS) is 22.1. The van der Waals surface area contributed by atoms with Crippen LogP contribution >= 0.6 is 0 Å². The van der Waals surface area contributed by atoms with Crippen LogP contribution in [0.5, 0.6) is 0 Å². The summed E-state index contributed by atoms with van der Waals surface area (Å²) in [4.78, 5) is 31.4. The molecule has 1 saturated heterocycles. The number of nitrogens with one attached hydrogen (secondary N) is 2. The smallest absolute Gasteiger partial charge is 0.236 e. The lowest BCUT2D eigenvalue weighted by atomic mass is 9.75. The fourth-order valence-corrected chi connectivity index (χ4v) is 3.93. The number of benzene rings is 1. The largest absolute Gasteiger partial charge is 0.341 e. The third-order valence-electron chi connectivity index (χ3n) is 5.18. The fraction of sp³-hybridized carbons (Fsp3) is 0.444. The Morgan fingerprint density at radius 3 is 3.00 bits per heavy atom. The maximum atomic E-state index is 12.7. The van der Waals surface area contributed by atoms with Gasteiger partial charge in [-0.1, -0.05) is 18.2 Å². The molecule has 1 fully saturated rings. The first-order valence-corrected chi connectivity index (χ1v) is 8.65. The highest BCUT2D eigenvalue weighted by Crippen LogP contribution is 2.43. The minimum atomic E-state index is -0.605. The minimum Gasteiger partial charge on any atom is -0.341 e. The van der Waals surface area contributed by atoms with Gasteiger partial charge in [0, 0.05) is 31.6 Å². The predicted octanol–water partition coefficient (Wildman–Crippen LogP) is 1.56. The summed E-state index contributed by atoms with van der Waals surface area (Å²) in [6.07, 6.45) is 2.47. The summed E-state index contributed by atoms with van der Waals surface area (Å²) >= 11 is 0. The van der Waals surface area contributed by atoms with E-state index in [0.29, 0.717) is 31.8 Å². The molecule has 1 aromatic heterocycles. The number of rotatable bonds is 3. The highest BCUT2D eigenvalue weighted by atomic mass is 16.2.